The molecule has 21 nitrogen and oxygen atoms in total. The lowest BCUT2D eigenvalue weighted by Crippen LogP contribution is -2.38. The highest BCUT2D eigenvalue weighted by molar-refractivity contribution is 6.36. The first-order valence-electron chi connectivity index (χ1n) is 20.7. The predicted molar refractivity (Wildman–Crippen MR) is 248 cm³/mol. The van der Waals surface area contributed by atoms with E-state index in [1.54, 1.807) is 24.3 Å². The molecule has 2 N–H and O–H groups in total. The number of carbonyl (C=O) groups excluding carboxylic acids is 6. The molecule has 6 bridgehead atoms. The number of allylic oxidation sites excluding steroid dienone is 4. The van der Waals surface area contributed by atoms with E-state index in [4.69, 9.17) is 57.4 Å². The highest BCUT2D eigenvalue weighted by atomic mass is 27.1. The molecular formula is C48H42AlN4O17. The zero-order valence-electron chi connectivity index (χ0n) is 38.3. The summed E-state index contributed by atoms with van der Waals surface area (Å²) < 4.78 is 58.3. The van der Waals surface area contributed by atoms with Crippen LogP contribution in [0.25, 0.3) is 23.3 Å². The van der Waals surface area contributed by atoms with E-state index in [0.717, 1.165) is 0 Å². The van der Waals surface area contributed by atoms with E-state index in [9.17, 15) is 28.8 Å². The molecule has 8 rings (SSSR count). The molecule has 0 spiro atoms. The Balaban J connectivity index is 0.00000722. The Morgan fingerprint density at radius 3 is 1.51 bits per heavy atom. The number of fused-ring (bicyclic) bond motifs is 2. The molecule has 0 aliphatic carbocycles. The van der Waals surface area contributed by atoms with Crippen molar-refractivity contribution in [2.75, 3.05) is 69.1 Å². The summed E-state index contributed by atoms with van der Waals surface area (Å²) in [6.45, 7) is -2.30. The lowest BCUT2D eigenvalue weighted by atomic mass is 9.96. The standard InChI is InChI=1S/C48H41N4O16.Al.H2O/c1-59-39(53)21-65-35-15-25(47(57)63-5)16-36(66-22-40(54)60-2)45(35)43-31-11-7-27(49-31)19-29-9-13-33(51-29)44(34-14-10-30(52-34)20-28-8-12-32(43)50-28)46-37(67-23-41(55)61-3)17-26(48(58)64-6)18-38(46)68-24-42(56)62-4;;/h7-20H,21-24H2,1-6H3,(H-,49,50,51,52,57,58);;1H2/q-1;+2;/p-1. The van der Waals surface area contributed by atoms with Crippen molar-refractivity contribution in [3.63, 3.8) is 0 Å². The number of carbonyl (C=O) groups is 6. The molecule has 2 aromatic heterocycles. The summed E-state index contributed by atoms with van der Waals surface area (Å²) in [4.78, 5) is 86.8. The second kappa shape index (κ2) is 21.2. The number of aromatic nitrogens is 2. The summed E-state index contributed by atoms with van der Waals surface area (Å²) in [6.07, 6.45) is 10.9. The minimum atomic E-state index is -1.08. The summed E-state index contributed by atoms with van der Waals surface area (Å²) in [5.74, 6) is -4.44. The van der Waals surface area contributed by atoms with Gasteiger partial charge >= 0.3 is 51.5 Å². The molecule has 0 unspecified atom stereocenters. The Kier molecular flexibility index (Phi) is 15.0. The fraction of sp³-hybridized carbons (Fsp3) is 0.208. The first-order chi connectivity index (χ1) is 33.4. The number of aliphatic imine (C=N–C) groups is 2. The molecule has 22 heteroatoms. The number of rotatable bonds is 16. The maximum absolute atomic E-state index is 13.1. The monoisotopic (exact) mass is 973 g/mol. The van der Waals surface area contributed by atoms with E-state index in [1.807, 2.05) is 36.4 Å². The molecule has 359 valence electrons. The number of ether oxygens (including phenoxy) is 10. The van der Waals surface area contributed by atoms with Crippen LogP contribution in [0, 0.1) is 0 Å². The SMILES string of the molecule is COC(=O)COc1cc(C(=O)OC)cc(OCC(=O)OC)c1C1=C2C=CC(=N2)C=c2ccc3[n]2[Al][n]2c(ccc21)C=C1C=CC(=N1)C=3c1c(OCC(=O)OC)cc(C(=O)OC)cc1OCC(=O)OC.O. The van der Waals surface area contributed by atoms with Gasteiger partial charge in [0, 0.05) is 33.2 Å². The number of esters is 6. The molecule has 0 fully saturated rings. The van der Waals surface area contributed by atoms with Gasteiger partial charge < -0.3 is 59.9 Å². The molecule has 2 aromatic carbocycles. The highest BCUT2D eigenvalue weighted by Gasteiger charge is 2.32. The number of hydrogen-bond acceptors (Lipinski definition) is 18. The van der Waals surface area contributed by atoms with Crippen molar-refractivity contribution in [1.29, 1.82) is 0 Å². The number of hydrogen-bond donors (Lipinski definition) is 0. The molecule has 0 saturated carbocycles. The first kappa shape index (κ1) is 49.5. The molecule has 6 heterocycles. The van der Waals surface area contributed by atoms with E-state index in [-0.39, 0.29) is 50.7 Å². The minimum Gasteiger partial charge on any atom is -0.481 e. The van der Waals surface area contributed by atoms with Crippen molar-refractivity contribution >= 4 is 86.2 Å². The Morgan fingerprint density at radius 1 is 0.529 bits per heavy atom. The average molecular weight is 974 g/mol. The molecule has 0 amide bonds. The van der Waals surface area contributed by atoms with Crippen LogP contribution in [0.4, 0.5) is 0 Å². The van der Waals surface area contributed by atoms with Crippen molar-refractivity contribution < 1.29 is 81.6 Å². The summed E-state index contributed by atoms with van der Waals surface area (Å²) >= 11 is -1.08. The van der Waals surface area contributed by atoms with E-state index in [0.29, 0.717) is 56.0 Å². The Morgan fingerprint density at radius 2 is 1.03 bits per heavy atom. The lowest BCUT2D eigenvalue weighted by molar-refractivity contribution is -0.143. The normalized spacial score (nSPS) is 13.5. The fourth-order valence-corrected chi connectivity index (χ4v) is 9.10. The van der Waals surface area contributed by atoms with E-state index in [2.05, 4.69) is 7.10 Å². The van der Waals surface area contributed by atoms with Gasteiger partial charge in [-0.05, 0) is 85.0 Å². The van der Waals surface area contributed by atoms with Crippen LogP contribution in [0.15, 0.2) is 94.2 Å². The number of benzene rings is 2. The van der Waals surface area contributed by atoms with Crippen molar-refractivity contribution in [2.45, 2.75) is 0 Å². The van der Waals surface area contributed by atoms with Crippen molar-refractivity contribution in [3.05, 3.63) is 129 Å². The van der Waals surface area contributed by atoms with Crippen LogP contribution >= 0.6 is 0 Å². The van der Waals surface area contributed by atoms with E-state index < -0.39 is 77.9 Å². The Labute approximate surface area is 404 Å². The Bertz CT molecular complexity index is 3100. The van der Waals surface area contributed by atoms with Crippen LogP contribution in [-0.2, 0) is 47.6 Å². The van der Waals surface area contributed by atoms with Crippen molar-refractivity contribution in [1.82, 2.24) is 7.10 Å². The van der Waals surface area contributed by atoms with Crippen molar-refractivity contribution in [2.24, 2.45) is 9.98 Å². The van der Waals surface area contributed by atoms with Crippen LogP contribution in [-0.4, -0.2) is 145 Å². The van der Waals surface area contributed by atoms with Gasteiger partial charge in [-0.2, -0.15) is 0 Å². The third kappa shape index (κ3) is 9.91. The molecule has 70 heavy (non-hydrogen) atoms. The van der Waals surface area contributed by atoms with E-state index >= 15 is 0 Å². The van der Waals surface area contributed by atoms with E-state index in [1.165, 1.54) is 66.9 Å². The highest BCUT2D eigenvalue weighted by Crippen LogP contribution is 2.44. The van der Waals surface area contributed by atoms with Crippen LogP contribution in [0.5, 0.6) is 23.0 Å². The quantitative estimate of drug-likeness (QED) is 0.0871. The predicted octanol–water partition coefficient (Wildman–Crippen LogP) is 1.30. The van der Waals surface area contributed by atoms with Gasteiger partial charge in [0.05, 0.1) is 87.7 Å². The second-order valence-electron chi connectivity index (χ2n) is 14.8. The average Bonchev–Trinajstić information content (AvgIpc) is 4.20. The van der Waals surface area contributed by atoms with Crippen LogP contribution in [0.1, 0.15) is 43.2 Å². The summed E-state index contributed by atoms with van der Waals surface area (Å²) in [5.41, 5.74) is 4.42. The summed E-state index contributed by atoms with van der Waals surface area (Å²) in [6, 6.07) is 13.1. The zero-order chi connectivity index (χ0) is 48.9. The van der Waals surface area contributed by atoms with Gasteiger partial charge in [-0.15, -0.1) is 0 Å². The smallest absolute Gasteiger partial charge is 0.481 e. The Hall–Kier alpha value is -8.45. The second-order valence-corrected chi connectivity index (χ2v) is 16.1. The number of methoxy groups -OCH3 is 6. The van der Waals surface area contributed by atoms with Gasteiger partial charge in [0.2, 0.25) is 0 Å². The van der Waals surface area contributed by atoms with Gasteiger partial charge in [-0.1, -0.05) is 0 Å². The maximum atomic E-state index is 13.1. The molecule has 1 radical (unpaired) electrons. The summed E-state index contributed by atoms with van der Waals surface area (Å²) in [5, 5.41) is 1.26. The molecule has 4 aliphatic heterocycles. The maximum Gasteiger partial charge on any atom is 0.563 e. The fourth-order valence-electron chi connectivity index (χ4n) is 7.60. The third-order valence-electron chi connectivity index (χ3n) is 10.8. The molecule has 0 atom stereocenters. The molecule has 4 aromatic rings. The zero-order valence-corrected chi connectivity index (χ0v) is 39.5. The number of nitrogens with zero attached hydrogens (tertiary/aromatic N) is 4. The first-order valence-corrected chi connectivity index (χ1v) is 21.7. The van der Waals surface area contributed by atoms with Gasteiger partial charge in [-0.3, -0.25) is 0 Å². The minimum absolute atomic E-state index is 0. The largest absolute Gasteiger partial charge is 0.563 e. The topological polar surface area (TPSA) is 261 Å². The lowest BCUT2D eigenvalue weighted by Gasteiger charge is -2.23. The van der Waals surface area contributed by atoms with Gasteiger partial charge in [0.1, 0.15) is 23.0 Å². The summed E-state index contributed by atoms with van der Waals surface area (Å²) in [7, 11) is 7.21. The molecule has 0 saturated heterocycles. The third-order valence-corrected chi connectivity index (χ3v) is 12.5. The van der Waals surface area contributed by atoms with Crippen LogP contribution < -0.4 is 29.6 Å². The molecule has 4 aliphatic rings. The van der Waals surface area contributed by atoms with Gasteiger partial charge in [-0.25, -0.2) is 38.8 Å². The van der Waals surface area contributed by atoms with Crippen molar-refractivity contribution in [3.8, 4) is 23.0 Å². The van der Waals surface area contributed by atoms with Crippen LogP contribution in [0.2, 0.25) is 0 Å². The van der Waals surface area contributed by atoms with Crippen LogP contribution in [0.3, 0.4) is 0 Å². The van der Waals surface area contributed by atoms with Gasteiger partial charge in [0.15, 0.2) is 26.4 Å². The van der Waals surface area contributed by atoms with Gasteiger partial charge in [0.25, 0.3) is 0 Å². The molecular weight excluding hydrogens is 932 g/mol.